The summed E-state index contributed by atoms with van der Waals surface area (Å²) >= 11 is 0. The number of nitrogens with zero attached hydrogens (tertiary/aromatic N) is 2. The number of benzene rings is 1. The fraction of sp³-hybridized carbons (Fsp3) is 0.333. The SMILES string of the molecule is COC(=O)c1ccc(CNCCCn2ccnc2)cc1. The molecule has 0 atom stereocenters. The lowest BCUT2D eigenvalue weighted by molar-refractivity contribution is 0.0600. The third-order valence-corrected chi connectivity index (χ3v) is 3.03. The van der Waals surface area contributed by atoms with Gasteiger partial charge < -0.3 is 14.6 Å². The van der Waals surface area contributed by atoms with Crippen molar-refractivity contribution in [3.05, 3.63) is 54.1 Å². The molecule has 0 spiro atoms. The number of nitrogens with one attached hydrogen (secondary N) is 1. The van der Waals surface area contributed by atoms with Crippen molar-refractivity contribution in [1.29, 1.82) is 0 Å². The van der Waals surface area contributed by atoms with Crippen LogP contribution in [-0.2, 0) is 17.8 Å². The van der Waals surface area contributed by atoms with Crippen LogP contribution in [0, 0.1) is 0 Å². The number of hydrogen-bond acceptors (Lipinski definition) is 4. The lowest BCUT2D eigenvalue weighted by Crippen LogP contribution is -2.16. The van der Waals surface area contributed by atoms with Crippen LogP contribution < -0.4 is 5.32 Å². The van der Waals surface area contributed by atoms with Crippen LogP contribution in [-0.4, -0.2) is 29.2 Å². The predicted octanol–water partition coefficient (Wildman–Crippen LogP) is 1.85. The summed E-state index contributed by atoms with van der Waals surface area (Å²) in [7, 11) is 1.39. The number of aryl methyl sites for hydroxylation is 1. The minimum Gasteiger partial charge on any atom is -0.465 e. The molecule has 1 N–H and O–H groups in total. The number of aromatic nitrogens is 2. The first kappa shape index (κ1) is 14.3. The van der Waals surface area contributed by atoms with Gasteiger partial charge in [0.05, 0.1) is 19.0 Å². The summed E-state index contributed by atoms with van der Waals surface area (Å²) in [5.74, 6) is -0.301. The quantitative estimate of drug-likeness (QED) is 0.618. The Morgan fingerprint density at radius 3 is 2.80 bits per heavy atom. The molecular weight excluding hydrogens is 254 g/mol. The average Bonchev–Trinajstić information content (AvgIpc) is 3.00. The van der Waals surface area contributed by atoms with Crippen LogP contribution in [0.2, 0.25) is 0 Å². The normalized spacial score (nSPS) is 10.4. The molecule has 0 amide bonds. The summed E-state index contributed by atoms with van der Waals surface area (Å²) in [4.78, 5) is 15.3. The van der Waals surface area contributed by atoms with Crippen LogP contribution in [0.5, 0.6) is 0 Å². The van der Waals surface area contributed by atoms with Crippen LogP contribution in [0.3, 0.4) is 0 Å². The number of carbonyl (C=O) groups is 1. The standard InChI is InChI=1S/C15H19N3O2/c1-20-15(19)14-5-3-13(4-6-14)11-16-7-2-9-18-10-8-17-12-18/h3-6,8,10,12,16H,2,7,9,11H2,1H3. The Morgan fingerprint density at radius 1 is 1.35 bits per heavy atom. The Kier molecular flexibility index (Phi) is 5.32. The average molecular weight is 273 g/mol. The third-order valence-electron chi connectivity index (χ3n) is 3.03. The summed E-state index contributed by atoms with van der Waals surface area (Å²) in [6.07, 6.45) is 6.63. The highest BCUT2D eigenvalue weighted by Crippen LogP contribution is 2.05. The van der Waals surface area contributed by atoms with Crippen LogP contribution in [0.4, 0.5) is 0 Å². The molecule has 20 heavy (non-hydrogen) atoms. The molecule has 0 saturated heterocycles. The number of carbonyl (C=O) groups excluding carboxylic acids is 1. The second-order valence-electron chi connectivity index (χ2n) is 4.52. The predicted molar refractivity (Wildman–Crippen MR) is 76.3 cm³/mol. The van der Waals surface area contributed by atoms with Gasteiger partial charge in [0.1, 0.15) is 0 Å². The number of rotatable bonds is 7. The molecule has 0 aliphatic carbocycles. The van der Waals surface area contributed by atoms with E-state index in [1.54, 1.807) is 18.3 Å². The molecule has 5 nitrogen and oxygen atoms in total. The number of ether oxygens (including phenoxy) is 1. The van der Waals surface area contributed by atoms with E-state index < -0.39 is 0 Å². The van der Waals surface area contributed by atoms with E-state index in [-0.39, 0.29) is 5.97 Å². The maximum atomic E-state index is 11.3. The van der Waals surface area contributed by atoms with Gasteiger partial charge in [0.2, 0.25) is 0 Å². The highest BCUT2D eigenvalue weighted by Gasteiger charge is 2.03. The third kappa shape index (κ3) is 4.20. The van der Waals surface area contributed by atoms with Crippen LogP contribution in [0.25, 0.3) is 0 Å². The van der Waals surface area contributed by atoms with E-state index in [2.05, 4.69) is 19.6 Å². The van der Waals surface area contributed by atoms with Crippen molar-refractivity contribution in [2.75, 3.05) is 13.7 Å². The van der Waals surface area contributed by atoms with E-state index in [4.69, 9.17) is 0 Å². The summed E-state index contributed by atoms with van der Waals surface area (Å²) < 4.78 is 6.72. The maximum absolute atomic E-state index is 11.3. The fourth-order valence-corrected chi connectivity index (χ4v) is 1.91. The molecule has 0 fully saturated rings. The lowest BCUT2D eigenvalue weighted by atomic mass is 10.1. The zero-order chi connectivity index (χ0) is 14.2. The zero-order valence-corrected chi connectivity index (χ0v) is 11.6. The molecule has 106 valence electrons. The highest BCUT2D eigenvalue weighted by atomic mass is 16.5. The van der Waals surface area contributed by atoms with Crippen molar-refractivity contribution in [1.82, 2.24) is 14.9 Å². The van der Waals surface area contributed by atoms with Crippen molar-refractivity contribution >= 4 is 5.97 Å². The summed E-state index contributed by atoms with van der Waals surface area (Å²) in [6.45, 7) is 2.70. The Hall–Kier alpha value is -2.14. The van der Waals surface area contributed by atoms with E-state index in [1.807, 2.05) is 24.7 Å². The first-order valence-electron chi connectivity index (χ1n) is 6.63. The van der Waals surface area contributed by atoms with Crippen LogP contribution in [0.15, 0.2) is 43.0 Å². The summed E-state index contributed by atoms with van der Waals surface area (Å²) in [5, 5.41) is 3.38. The second-order valence-corrected chi connectivity index (χ2v) is 4.52. The Balaban J connectivity index is 1.67. The smallest absolute Gasteiger partial charge is 0.337 e. The van der Waals surface area contributed by atoms with Crippen LogP contribution in [0.1, 0.15) is 22.3 Å². The summed E-state index contributed by atoms with van der Waals surface area (Å²) in [6, 6.07) is 7.45. The Bertz CT molecular complexity index is 521. The molecule has 2 aromatic rings. The molecule has 0 aliphatic rings. The zero-order valence-electron chi connectivity index (χ0n) is 11.6. The fourth-order valence-electron chi connectivity index (χ4n) is 1.91. The van der Waals surface area contributed by atoms with E-state index >= 15 is 0 Å². The molecule has 0 bridgehead atoms. The molecule has 0 radical (unpaired) electrons. The molecule has 5 heteroatoms. The Morgan fingerprint density at radius 2 is 2.15 bits per heavy atom. The van der Waals surface area contributed by atoms with Gasteiger partial charge >= 0.3 is 5.97 Å². The second kappa shape index (κ2) is 7.45. The molecule has 1 heterocycles. The van der Waals surface area contributed by atoms with Gasteiger partial charge in [0.15, 0.2) is 0 Å². The van der Waals surface area contributed by atoms with E-state index in [0.29, 0.717) is 5.56 Å². The minimum atomic E-state index is -0.301. The number of imidazole rings is 1. The van der Waals surface area contributed by atoms with Crippen molar-refractivity contribution in [3.8, 4) is 0 Å². The largest absolute Gasteiger partial charge is 0.465 e. The number of esters is 1. The molecule has 0 aliphatic heterocycles. The van der Waals surface area contributed by atoms with Crippen molar-refractivity contribution in [2.24, 2.45) is 0 Å². The van der Waals surface area contributed by atoms with Crippen LogP contribution >= 0.6 is 0 Å². The molecular formula is C15H19N3O2. The van der Waals surface area contributed by atoms with Gasteiger partial charge in [0, 0.05) is 25.5 Å². The van der Waals surface area contributed by atoms with Gasteiger partial charge in [0.25, 0.3) is 0 Å². The minimum absolute atomic E-state index is 0.301. The van der Waals surface area contributed by atoms with E-state index in [0.717, 1.165) is 31.6 Å². The number of methoxy groups -OCH3 is 1. The van der Waals surface area contributed by atoms with E-state index in [9.17, 15) is 4.79 Å². The molecule has 1 aromatic carbocycles. The van der Waals surface area contributed by atoms with Gasteiger partial charge in [-0.15, -0.1) is 0 Å². The number of hydrogen-bond donors (Lipinski definition) is 1. The molecule has 1 aromatic heterocycles. The van der Waals surface area contributed by atoms with E-state index in [1.165, 1.54) is 7.11 Å². The van der Waals surface area contributed by atoms with Gasteiger partial charge in [-0.25, -0.2) is 9.78 Å². The lowest BCUT2D eigenvalue weighted by Gasteiger charge is -2.06. The summed E-state index contributed by atoms with van der Waals surface area (Å²) in [5.41, 5.74) is 1.73. The van der Waals surface area contributed by atoms with Gasteiger partial charge in [-0.2, -0.15) is 0 Å². The van der Waals surface area contributed by atoms with Crippen molar-refractivity contribution in [3.63, 3.8) is 0 Å². The monoisotopic (exact) mass is 273 g/mol. The highest BCUT2D eigenvalue weighted by molar-refractivity contribution is 5.89. The maximum Gasteiger partial charge on any atom is 0.337 e. The first-order chi connectivity index (χ1) is 9.79. The van der Waals surface area contributed by atoms with Gasteiger partial charge in [-0.3, -0.25) is 0 Å². The first-order valence-corrected chi connectivity index (χ1v) is 6.63. The molecule has 0 unspecified atom stereocenters. The molecule has 0 saturated carbocycles. The van der Waals surface area contributed by atoms with Crippen molar-refractivity contribution in [2.45, 2.75) is 19.5 Å². The Labute approximate surface area is 118 Å². The molecule has 2 rings (SSSR count). The van der Waals surface area contributed by atoms with Gasteiger partial charge in [-0.05, 0) is 30.7 Å². The topological polar surface area (TPSA) is 56.1 Å². The van der Waals surface area contributed by atoms with Crippen molar-refractivity contribution < 1.29 is 9.53 Å². The van der Waals surface area contributed by atoms with Gasteiger partial charge in [-0.1, -0.05) is 12.1 Å².